The van der Waals surface area contributed by atoms with Crippen LogP contribution in [0.4, 0.5) is 4.79 Å². The Bertz CT molecular complexity index is 352. The van der Waals surface area contributed by atoms with Crippen LogP contribution in [0.1, 0.15) is 25.7 Å². The Labute approximate surface area is 106 Å². The molecule has 1 aliphatic carbocycles. The average molecular weight is 254 g/mol. The highest BCUT2D eigenvalue weighted by Gasteiger charge is 2.37. The van der Waals surface area contributed by atoms with Crippen molar-refractivity contribution in [2.45, 2.75) is 37.3 Å². The van der Waals surface area contributed by atoms with Crippen LogP contribution in [-0.2, 0) is 9.53 Å². The van der Waals surface area contributed by atoms with Crippen LogP contribution >= 0.6 is 0 Å². The average Bonchev–Trinajstić information content (AvgIpc) is 2.27. The van der Waals surface area contributed by atoms with Gasteiger partial charge in [0.05, 0.1) is 5.60 Å². The van der Waals surface area contributed by atoms with Crippen molar-refractivity contribution in [2.75, 3.05) is 13.7 Å². The smallest absolute Gasteiger partial charge is 0.327 e. The molecule has 1 saturated carbocycles. The number of carboxylic acid groups (broad SMARTS) is 1. The van der Waals surface area contributed by atoms with Crippen molar-refractivity contribution in [2.24, 2.45) is 0 Å². The number of ether oxygens (including phenoxy) is 1. The number of amides is 2. The van der Waals surface area contributed by atoms with Crippen LogP contribution in [0.25, 0.3) is 0 Å². The number of terminal acetylenes is 1. The lowest BCUT2D eigenvalue weighted by Crippen LogP contribution is -2.53. The van der Waals surface area contributed by atoms with Gasteiger partial charge in [-0.3, -0.25) is 0 Å². The van der Waals surface area contributed by atoms with Crippen LogP contribution in [0.3, 0.4) is 0 Å². The third-order valence-corrected chi connectivity index (χ3v) is 3.19. The number of aliphatic carboxylic acids is 1. The van der Waals surface area contributed by atoms with Gasteiger partial charge in [-0.15, -0.1) is 12.3 Å². The highest BCUT2D eigenvalue weighted by Crippen LogP contribution is 2.34. The molecule has 0 aromatic carbocycles. The normalized spacial score (nSPS) is 18.0. The van der Waals surface area contributed by atoms with E-state index in [9.17, 15) is 9.59 Å². The molecule has 1 fully saturated rings. The highest BCUT2D eigenvalue weighted by molar-refractivity contribution is 5.82. The number of rotatable bonds is 6. The van der Waals surface area contributed by atoms with Crippen molar-refractivity contribution in [1.29, 1.82) is 0 Å². The number of methoxy groups -OCH3 is 1. The van der Waals surface area contributed by atoms with Crippen molar-refractivity contribution in [1.82, 2.24) is 10.6 Å². The van der Waals surface area contributed by atoms with Crippen LogP contribution in [0.2, 0.25) is 0 Å². The van der Waals surface area contributed by atoms with E-state index >= 15 is 0 Å². The van der Waals surface area contributed by atoms with Gasteiger partial charge in [-0.2, -0.15) is 0 Å². The summed E-state index contributed by atoms with van der Waals surface area (Å²) in [4.78, 5) is 22.3. The quantitative estimate of drug-likeness (QED) is 0.596. The first-order chi connectivity index (χ1) is 8.53. The number of carbonyl (C=O) groups excluding carboxylic acids is 1. The summed E-state index contributed by atoms with van der Waals surface area (Å²) in [6, 6.07) is -1.60. The Morgan fingerprint density at radius 2 is 2.22 bits per heavy atom. The Hall–Kier alpha value is -1.74. The molecule has 2 amide bonds. The van der Waals surface area contributed by atoms with Crippen molar-refractivity contribution in [3.05, 3.63) is 0 Å². The van der Waals surface area contributed by atoms with E-state index in [1.54, 1.807) is 7.11 Å². The van der Waals surface area contributed by atoms with E-state index in [2.05, 4.69) is 16.6 Å². The number of hydrogen-bond donors (Lipinski definition) is 3. The molecule has 6 heteroatoms. The van der Waals surface area contributed by atoms with E-state index in [1.165, 1.54) is 0 Å². The highest BCUT2D eigenvalue weighted by atomic mass is 16.5. The first kappa shape index (κ1) is 14.3. The molecule has 0 bridgehead atoms. The molecule has 0 spiro atoms. The van der Waals surface area contributed by atoms with Crippen molar-refractivity contribution in [3.63, 3.8) is 0 Å². The second-order valence-electron chi connectivity index (χ2n) is 4.37. The largest absolute Gasteiger partial charge is 0.480 e. The summed E-state index contributed by atoms with van der Waals surface area (Å²) < 4.78 is 5.33. The molecule has 18 heavy (non-hydrogen) atoms. The standard InChI is InChI=1S/C12H18N2O4/c1-3-5-9(10(15)16)14-11(17)13-8-12(18-2)6-4-7-12/h1,9H,4-8H2,2H3,(H,15,16)(H2,13,14,17). The maximum Gasteiger partial charge on any atom is 0.327 e. The molecule has 0 radical (unpaired) electrons. The summed E-state index contributed by atoms with van der Waals surface area (Å²) in [5, 5.41) is 13.7. The summed E-state index contributed by atoms with van der Waals surface area (Å²) in [5.74, 6) is 1.07. The van der Waals surface area contributed by atoms with Crippen molar-refractivity contribution < 1.29 is 19.4 Å². The van der Waals surface area contributed by atoms with Gasteiger partial charge in [-0.1, -0.05) is 0 Å². The number of carbonyl (C=O) groups is 2. The minimum absolute atomic E-state index is 0.0435. The zero-order chi connectivity index (χ0) is 13.6. The summed E-state index contributed by atoms with van der Waals surface area (Å²) in [7, 11) is 1.61. The van der Waals surface area contributed by atoms with Crippen LogP contribution in [0, 0.1) is 12.3 Å². The van der Waals surface area contributed by atoms with Crippen LogP contribution in [0.5, 0.6) is 0 Å². The molecule has 0 aliphatic heterocycles. The molecular formula is C12H18N2O4. The summed E-state index contributed by atoms with van der Waals surface area (Å²) in [5.41, 5.74) is -0.290. The Morgan fingerprint density at radius 1 is 1.56 bits per heavy atom. The Kier molecular flexibility index (Phi) is 4.98. The van der Waals surface area contributed by atoms with Crippen LogP contribution in [-0.4, -0.2) is 42.4 Å². The predicted octanol–water partition coefficient (Wildman–Crippen LogP) is 0.331. The van der Waals surface area contributed by atoms with E-state index in [1.807, 2.05) is 0 Å². The SMILES string of the molecule is C#CCC(NC(=O)NCC1(OC)CCC1)C(=O)O. The Balaban J connectivity index is 2.36. The number of nitrogens with one attached hydrogen (secondary N) is 2. The molecule has 100 valence electrons. The maximum atomic E-state index is 11.5. The summed E-state index contributed by atoms with van der Waals surface area (Å²) in [6.45, 7) is 0.373. The molecule has 1 aliphatic rings. The summed E-state index contributed by atoms with van der Waals surface area (Å²) >= 11 is 0. The van der Waals surface area contributed by atoms with Crippen molar-refractivity contribution >= 4 is 12.0 Å². The molecule has 0 aromatic rings. The second kappa shape index (κ2) is 6.26. The van der Waals surface area contributed by atoms with Gasteiger partial charge in [0, 0.05) is 20.1 Å². The fraction of sp³-hybridized carbons (Fsp3) is 0.667. The summed E-state index contributed by atoms with van der Waals surface area (Å²) in [6.07, 6.45) is 7.86. The van der Waals surface area contributed by atoms with Gasteiger partial charge >= 0.3 is 12.0 Å². The fourth-order valence-electron chi connectivity index (χ4n) is 1.79. The molecule has 0 heterocycles. The first-order valence-corrected chi connectivity index (χ1v) is 5.79. The minimum Gasteiger partial charge on any atom is -0.480 e. The van der Waals surface area contributed by atoms with E-state index in [4.69, 9.17) is 16.3 Å². The van der Waals surface area contributed by atoms with Gasteiger partial charge in [-0.25, -0.2) is 9.59 Å². The third-order valence-electron chi connectivity index (χ3n) is 3.19. The molecule has 0 saturated heterocycles. The minimum atomic E-state index is -1.15. The van der Waals surface area contributed by atoms with E-state index in [0.29, 0.717) is 6.54 Å². The van der Waals surface area contributed by atoms with Gasteiger partial charge in [0.2, 0.25) is 0 Å². The first-order valence-electron chi connectivity index (χ1n) is 5.79. The molecule has 3 N–H and O–H groups in total. The van der Waals surface area contributed by atoms with E-state index < -0.39 is 18.0 Å². The lowest BCUT2D eigenvalue weighted by atomic mass is 9.80. The molecule has 1 unspecified atom stereocenters. The van der Waals surface area contributed by atoms with E-state index in [0.717, 1.165) is 19.3 Å². The molecule has 6 nitrogen and oxygen atoms in total. The third kappa shape index (κ3) is 3.64. The maximum absolute atomic E-state index is 11.5. The lowest BCUT2D eigenvalue weighted by molar-refractivity contribution is -0.139. The molecule has 0 aromatic heterocycles. The van der Waals surface area contributed by atoms with Gasteiger partial charge in [0.25, 0.3) is 0 Å². The van der Waals surface area contributed by atoms with Crippen molar-refractivity contribution in [3.8, 4) is 12.3 Å². The Morgan fingerprint density at radius 3 is 2.61 bits per heavy atom. The number of urea groups is 1. The van der Waals surface area contributed by atoms with E-state index in [-0.39, 0.29) is 12.0 Å². The second-order valence-corrected chi connectivity index (χ2v) is 4.37. The molecular weight excluding hydrogens is 236 g/mol. The van der Waals surface area contributed by atoms with Crippen LogP contribution in [0.15, 0.2) is 0 Å². The molecule has 1 rings (SSSR count). The number of carboxylic acids is 1. The van der Waals surface area contributed by atoms with Crippen LogP contribution < -0.4 is 10.6 Å². The van der Waals surface area contributed by atoms with Gasteiger partial charge in [-0.05, 0) is 19.3 Å². The van der Waals surface area contributed by atoms with Gasteiger partial charge < -0.3 is 20.5 Å². The predicted molar refractivity (Wildman–Crippen MR) is 65.0 cm³/mol. The molecule has 1 atom stereocenters. The lowest BCUT2D eigenvalue weighted by Gasteiger charge is -2.40. The van der Waals surface area contributed by atoms with Gasteiger partial charge in [0.1, 0.15) is 6.04 Å². The number of hydrogen-bond acceptors (Lipinski definition) is 3. The zero-order valence-corrected chi connectivity index (χ0v) is 10.4. The van der Waals surface area contributed by atoms with Gasteiger partial charge in [0.15, 0.2) is 0 Å². The topological polar surface area (TPSA) is 87.7 Å². The monoisotopic (exact) mass is 254 g/mol. The zero-order valence-electron chi connectivity index (χ0n) is 10.4. The fourth-order valence-corrected chi connectivity index (χ4v) is 1.79.